The van der Waals surface area contributed by atoms with Crippen LogP contribution in [0.3, 0.4) is 0 Å². The average Bonchev–Trinajstić information content (AvgIpc) is 2.80. The molecule has 0 fully saturated rings. The van der Waals surface area contributed by atoms with Crippen LogP contribution in [0.5, 0.6) is 5.75 Å². The fourth-order valence-electron chi connectivity index (χ4n) is 3.16. The zero-order valence-corrected chi connectivity index (χ0v) is 20.2. The average molecular weight is 496 g/mol. The van der Waals surface area contributed by atoms with Gasteiger partial charge in [-0.15, -0.1) is 0 Å². The molecule has 0 aliphatic rings. The lowest BCUT2D eigenvalue weighted by Gasteiger charge is -2.15. The third kappa shape index (κ3) is 6.55. The zero-order valence-electron chi connectivity index (χ0n) is 19.4. The van der Waals surface area contributed by atoms with Crippen molar-refractivity contribution in [2.45, 2.75) is 33.2 Å². The molecule has 0 heterocycles. The number of benzene rings is 2. The van der Waals surface area contributed by atoms with Gasteiger partial charge < -0.3 is 19.7 Å². The van der Waals surface area contributed by atoms with Crippen LogP contribution in [0.4, 0.5) is 8.78 Å². The first-order chi connectivity index (χ1) is 16.1. The summed E-state index contributed by atoms with van der Waals surface area (Å²) in [5.74, 6) is -3.05. The number of esters is 1. The van der Waals surface area contributed by atoms with Crippen molar-refractivity contribution in [3.05, 3.63) is 69.3 Å². The predicted molar refractivity (Wildman–Crippen MR) is 128 cm³/mol. The van der Waals surface area contributed by atoms with Crippen molar-refractivity contribution >= 4 is 29.5 Å². The number of hydrogen-bond acceptors (Lipinski definition) is 6. The Labute approximate surface area is 202 Å². The molecule has 0 amide bonds. The van der Waals surface area contributed by atoms with Crippen LogP contribution in [0.1, 0.15) is 37.5 Å². The van der Waals surface area contributed by atoms with Crippen LogP contribution >= 0.6 is 11.6 Å². The third-order valence-electron chi connectivity index (χ3n) is 5.14. The van der Waals surface area contributed by atoms with Crippen molar-refractivity contribution in [1.82, 2.24) is 0 Å². The minimum Gasteiger partial charge on any atom is -0.506 e. The molecule has 0 aromatic heterocycles. The Hall–Kier alpha value is -2.97. The second-order valence-electron chi connectivity index (χ2n) is 7.79. The summed E-state index contributed by atoms with van der Waals surface area (Å²) in [6, 6.07) is 6.27. The molecule has 0 aliphatic heterocycles. The van der Waals surface area contributed by atoms with Gasteiger partial charge in [-0.2, -0.15) is 0 Å². The van der Waals surface area contributed by atoms with Crippen LogP contribution in [0.25, 0.3) is 5.76 Å². The van der Waals surface area contributed by atoms with Crippen LogP contribution in [0, 0.1) is 17.6 Å². The lowest BCUT2D eigenvalue weighted by Crippen LogP contribution is -2.19. The van der Waals surface area contributed by atoms with E-state index >= 15 is 0 Å². The van der Waals surface area contributed by atoms with E-state index in [1.165, 1.54) is 25.3 Å². The van der Waals surface area contributed by atoms with Gasteiger partial charge in [0.15, 0.2) is 0 Å². The summed E-state index contributed by atoms with van der Waals surface area (Å²) in [5.41, 5.74) is -0.119. The van der Waals surface area contributed by atoms with Gasteiger partial charge in [-0.05, 0) is 36.1 Å². The minimum atomic E-state index is -0.915. The number of halogens is 3. The van der Waals surface area contributed by atoms with Crippen molar-refractivity contribution < 1.29 is 33.3 Å². The molecular formula is C25H28ClF2NO5. The van der Waals surface area contributed by atoms with Crippen LogP contribution in [-0.4, -0.2) is 48.8 Å². The second-order valence-corrected chi connectivity index (χ2v) is 8.20. The van der Waals surface area contributed by atoms with Gasteiger partial charge in [0, 0.05) is 18.7 Å². The van der Waals surface area contributed by atoms with Gasteiger partial charge in [-0.3, -0.25) is 4.99 Å². The molecule has 9 heteroatoms. The lowest BCUT2D eigenvalue weighted by molar-refractivity contribution is -0.137. The van der Waals surface area contributed by atoms with Crippen LogP contribution < -0.4 is 4.74 Å². The monoisotopic (exact) mass is 495 g/mol. The normalized spacial score (nSPS) is 13.2. The number of carbonyl (C=O) groups is 1. The SMILES string of the molecule is CCOC(=O)/C(C=N[C@H](CO)C(C)C)=C(\O)c1cc(Cc2cccc(Cl)c2F)c(OC)cc1F. The van der Waals surface area contributed by atoms with E-state index < -0.39 is 29.4 Å². The first kappa shape index (κ1) is 27.3. The summed E-state index contributed by atoms with van der Waals surface area (Å²) in [5, 5.41) is 20.3. The van der Waals surface area contributed by atoms with Crippen molar-refractivity contribution in [3.8, 4) is 5.75 Å². The lowest BCUT2D eigenvalue weighted by atomic mass is 9.98. The molecule has 6 nitrogen and oxygen atoms in total. The number of carbonyl (C=O) groups excluding carboxylic acids is 1. The van der Waals surface area contributed by atoms with Gasteiger partial charge >= 0.3 is 5.97 Å². The van der Waals surface area contributed by atoms with Crippen molar-refractivity contribution in [2.75, 3.05) is 20.3 Å². The third-order valence-corrected chi connectivity index (χ3v) is 5.43. The maximum absolute atomic E-state index is 14.9. The molecule has 2 N–H and O–H groups in total. The van der Waals surface area contributed by atoms with Gasteiger partial charge in [-0.1, -0.05) is 37.6 Å². The standard InChI is InChI=1S/C25H28ClF2NO5/c1-5-34-25(32)18(12-29-21(13-30)14(2)3)24(31)17-10-16(22(33-4)11-20(17)27)9-15-7-6-8-19(26)23(15)28/h6-8,10-12,14,21,30-31H,5,9,13H2,1-4H3/b24-18-,29-12?/t21-/m1/s1. The Kier molecular flexibility index (Phi) is 10.0. The molecule has 0 spiro atoms. The van der Waals surface area contributed by atoms with Gasteiger partial charge in [0.05, 0.1) is 37.0 Å². The first-order valence-corrected chi connectivity index (χ1v) is 11.1. The summed E-state index contributed by atoms with van der Waals surface area (Å²) in [6.45, 7) is 4.98. The summed E-state index contributed by atoms with van der Waals surface area (Å²) in [6.07, 6.45) is 1.05. The van der Waals surface area contributed by atoms with Crippen LogP contribution in [0.15, 0.2) is 40.9 Å². The Bertz CT molecular complexity index is 1090. The molecule has 0 saturated carbocycles. The fraction of sp³-hybridized carbons (Fsp3) is 0.360. The molecule has 184 valence electrons. The van der Waals surface area contributed by atoms with E-state index in [1.807, 2.05) is 13.8 Å². The number of nitrogens with zero attached hydrogens (tertiary/aromatic N) is 1. The number of hydrogen-bond donors (Lipinski definition) is 2. The highest BCUT2D eigenvalue weighted by atomic mass is 35.5. The van der Waals surface area contributed by atoms with E-state index in [1.54, 1.807) is 13.0 Å². The van der Waals surface area contributed by atoms with E-state index in [0.717, 1.165) is 12.3 Å². The van der Waals surface area contributed by atoms with E-state index in [4.69, 9.17) is 21.1 Å². The maximum atomic E-state index is 14.9. The molecule has 0 bridgehead atoms. The summed E-state index contributed by atoms with van der Waals surface area (Å²) < 4.78 is 39.6. The van der Waals surface area contributed by atoms with E-state index in [9.17, 15) is 23.8 Å². The highest BCUT2D eigenvalue weighted by Crippen LogP contribution is 2.31. The first-order valence-electron chi connectivity index (χ1n) is 10.7. The van der Waals surface area contributed by atoms with E-state index in [0.29, 0.717) is 5.56 Å². The predicted octanol–water partition coefficient (Wildman–Crippen LogP) is 5.14. The molecule has 0 saturated heterocycles. The van der Waals surface area contributed by atoms with E-state index in [-0.39, 0.29) is 53.0 Å². The number of rotatable bonds is 10. The van der Waals surface area contributed by atoms with Gasteiger partial charge in [0.1, 0.15) is 28.7 Å². The molecule has 2 aromatic rings. The Balaban J connectivity index is 2.63. The van der Waals surface area contributed by atoms with Gasteiger partial charge in [-0.25, -0.2) is 13.6 Å². The fourth-order valence-corrected chi connectivity index (χ4v) is 3.36. The Morgan fingerprint density at radius 1 is 1.24 bits per heavy atom. The summed E-state index contributed by atoms with van der Waals surface area (Å²) >= 11 is 5.86. The Morgan fingerprint density at radius 2 is 1.94 bits per heavy atom. The topological polar surface area (TPSA) is 88.4 Å². The smallest absolute Gasteiger partial charge is 0.343 e. The molecule has 0 radical (unpaired) electrons. The van der Waals surface area contributed by atoms with Crippen LogP contribution in [0.2, 0.25) is 5.02 Å². The maximum Gasteiger partial charge on any atom is 0.343 e. The number of ether oxygens (including phenoxy) is 2. The summed E-state index contributed by atoms with van der Waals surface area (Å²) in [7, 11) is 1.33. The largest absolute Gasteiger partial charge is 0.506 e. The van der Waals surface area contributed by atoms with Crippen molar-refractivity contribution in [1.29, 1.82) is 0 Å². The number of aliphatic hydroxyl groups is 2. The molecule has 2 aromatic carbocycles. The zero-order chi connectivity index (χ0) is 25.4. The highest BCUT2D eigenvalue weighted by molar-refractivity contribution is 6.30. The summed E-state index contributed by atoms with van der Waals surface area (Å²) in [4.78, 5) is 16.7. The van der Waals surface area contributed by atoms with Crippen molar-refractivity contribution in [3.63, 3.8) is 0 Å². The number of aliphatic hydroxyl groups excluding tert-OH is 2. The number of methoxy groups -OCH3 is 1. The second kappa shape index (κ2) is 12.5. The van der Waals surface area contributed by atoms with E-state index in [2.05, 4.69) is 4.99 Å². The molecular weight excluding hydrogens is 468 g/mol. The molecule has 2 rings (SSSR count). The molecule has 34 heavy (non-hydrogen) atoms. The Morgan fingerprint density at radius 3 is 2.53 bits per heavy atom. The minimum absolute atomic E-state index is 0.0150. The highest BCUT2D eigenvalue weighted by Gasteiger charge is 2.22. The van der Waals surface area contributed by atoms with Crippen molar-refractivity contribution in [2.24, 2.45) is 10.9 Å². The van der Waals surface area contributed by atoms with Gasteiger partial charge in [0.25, 0.3) is 0 Å². The van der Waals surface area contributed by atoms with Gasteiger partial charge in [0.2, 0.25) is 0 Å². The molecule has 1 atom stereocenters. The van der Waals surface area contributed by atoms with Crippen LogP contribution in [-0.2, 0) is 16.0 Å². The molecule has 0 aliphatic carbocycles. The quantitative estimate of drug-likeness (QED) is 0.206. The number of aliphatic imine (C=N–C) groups is 1. The molecule has 0 unspecified atom stereocenters.